The lowest BCUT2D eigenvalue weighted by atomic mass is 10.1. The van der Waals surface area contributed by atoms with Crippen molar-refractivity contribution >= 4 is 12.0 Å². The Morgan fingerprint density at radius 1 is 1.35 bits per heavy atom. The van der Waals surface area contributed by atoms with Crippen molar-refractivity contribution in [3.63, 3.8) is 0 Å². The van der Waals surface area contributed by atoms with Crippen LogP contribution < -0.4 is 5.48 Å². The maximum Gasteiger partial charge on any atom is 0.267 e. The fourth-order valence-corrected chi connectivity index (χ4v) is 2.89. The number of nitrogens with zero attached hydrogens (tertiary/aromatic N) is 1. The van der Waals surface area contributed by atoms with E-state index in [0.717, 1.165) is 48.3 Å². The minimum absolute atomic E-state index is 0.310. The topological polar surface area (TPSA) is 76.2 Å². The predicted molar refractivity (Wildman–Crippen MR) is 124 cm³/mol. The van der Waals surface area contributed by atoms with Crippen LogP contribution in [0.1, 0.15) is 55.8 Å². The molecular formula is C25H33N3O3. The number of imidazole rings is 1. The van der Waals surface area contributed by atoms with Gasteiger partial charge in [-0.05, 0) is 43.9 Å². The molecule has 2 aromatic rings. The lowest BCUT2D eigenvalue weighted by molar-refractivity contribution is -0.198. The van der Waals surface area contributed by atoms with Gasteiger partial charge in [-0.25, -0.2) is 15.3 Å². The molecule has 166 valence electrons. The van der Waals surface area contributed by atoms with E-state index in [4.69, 9.17) is 9.57 Å². The molecule has 1 aromatic carbocycles. The summed E-state index contributed by atoms with van der Waals surface area (Å²) in [6.07, 6.45) is 14.9. The summed E-state index contributed by atoms with van der Waals surface area (Å²) in [6, 6.07) is 7.98. The molecule has 0 spiro atoms. The highest BCUT2D eigenvalue weighted by Gasteiger charge is 2.14. The van der Waals surface area contributed by atoms with Crippen LogP contribution in [0.25, 0.3) is 6.08 Å². The number of rotatable bonds is 8. The Labute approximate surface area is 185 Å². The van der Waals surface area contributed by atoms with Crippen LogP contribution in [0.4, 0.5) is 0 Å². The zero-order valence-corrected chi connectivity index (χ0v) is 18.5. The largest absolute Gasteiger partial charge is 0.350 e. The van der Waals surface area contributed by atoms with Gasteiger partial charge in [-0.1, -0.05) is 42.5 Å². The van der Waals surface area contributed by atoms with Gasteiger partial charge < -0.3 is 9.72 Å². The van der Waals surface area contributed by atoms with E-state index in [1.54, 1.807) is 6.08 Å². The van der Waals surface area contributed by atoms with E-state index in [-0.39, 0.29) is 12.2 Å². The van der Waals surface area contributed by atoms with Gasteiger partial charge in [0.15, 0.2) is 6.29 Å². The number of benzene rings is 1. The SMILES string of the molecule is C/C=C\C.C=CCc1cnc(Cc2cccc(/C=C/C(=O)NOC3CCCCO3)c2)[nH]1. The standard InChI is InChI=1S/C21H25N3O3.C4H8/c1-2-6-18-15-22-19(23-18)14-17-8-5-7-16(13-17)10-11-20(25)24-27-21-9-3-4-12-26-21;1-3-4-2/h2,5,7-8,10-11,13,15,21H,1,3-4,6,9,12,14H2,(H,22,23)(H,24,25);3-4H,1-2H3/b11-10+;4-3-. The van der Waals surface area contributed by atoms with Crippen molar-refractivity contribution < 1.29 is 14.4 Å². The van der Waals surface area contributed by atoms with Gasteiger partial charge in [-0.2, -0.15) is 0 Å². The minimum Gasteiger partial charge on any atom is -0.350 e. The third-order valence-corrected chi connectivity index (χ3v) is 4.56. The van der Waals surface area contributed by atoms with E-state index < -0.39 is 0 Å². The summed E-state index contributed by atoms with van der Waals surface area (Å²) in [6.45, 7) is 8.41. The number of carbonyl (C=O) groups is 1. The van der Waals surface area contributed by atoms with E-state index in [2.05, 4.69) is 22.0 Å². The molecule has 1 aliphatic heterocycles. The van der Waals surface area contributed by atoms with Crippen LogP contribution in [0, 0.1) is 0 Å². The zero-order valence-electron chi connectivity index (χ0n) is 18.5. The maximum atomic E-state index is 11.9. The predicted octanol–water partition coefficient (Wildman–Crippen LogP) is 4.90. The van der Waals surface area contributed by atoms with Gasteiger partial charge >= 0.3 is 0 Å². The van der Waals surface area contributed by atoms with Gasteiger partial charge in [0.25, 0.3) is 5.91 Å². The van der Waals surface area contributed by atoms with Crippen molar-refractivity contribution in [2.24, 2.45) is 0 Å². The van der Waals surface area contributed by atoms with Gasteiger partial charge in [0.05, 0.1) is 0 Å². The van der Waals surface area contributed by atoms with Crippen molar-refractivity contribution in [1.82, 2.24) is 15.4 Å². The maximum absolute atomic E-state index is 11.9. The fourth-order valence-electron chi connectivity index (χ4n) is 2.89. The van der Waals surface area contributed by atoms with Gasteiger partial charge in [0, 0.05) is 43.8 Å². The summed E-state index contributed by atoms with van der Waals surface area (Å²) in [5.41, 5.74) is 5.52. The molecule has 1 saturated heterocycles. The number of hydrogen-bond donors (Lipinski definition) is 2. The summed E-state index contributed by atoms with van der Waals surface area (Å²) >= 11 is 0. The first-order valence-corrected chi connectivity index (χ1v) is 10.7. The number of aromatic amines is 1. The highest BCUT2D eigenvalue weighted by Crippen LogP contribution is 2.13. The first-order chi connectivity index (χ1) is 15.1. The van der Waals surface area contributed by atoms with Crippen LogP contribution >= 0.6 is 0 Å². The van der Waals surface area contributed by atoms with E-state index in [1.165, 1.54) is 6.08 Å². The Balaban J connectivity index is 0.000000785. The second-order valence-corrected chi connectivity index (χ2v) is 7.15. The van der Waals surface area contributed by atoms with E-state index in [0.29, 0.717) is 13.0 Å². The number of hydroxylamine groups is 1. The number of ether oxygens (including phenoxy) is 1. The smallest absolute Gasteiger partial charge is 0.267 e. The van der Waals surface area contributed by atoms with Gasteiger partial charge in [-0.3, -0.25) is 4.79 Å². The van der Waals surface area contributed by atoms with Crippen LogP contribution in [0.2, 0.25) is 0 Å². The van der Waals surface area contributed by atoms with Crippen LogP contribution in [0.3, 0.4) is 0 Å². The lowest BCUT2D eigenvalue weighted by Crippen LogP contribution is -2.32. The van der Waals surface area contributed by atoms with Crippen molar-refractivity contribution in [3.05, 3.63) is 84.0 Å². The second-order valence-electron chi connectivity index (χ2n) is 7.15. The normalized spacial score (nSPS) is 16.1. The van der Waals surface area contributed by atoms with Gasteiger partial charge in [-0.15, -0.1) is 6.58 Å². The highest BCUT2D eigenvalue weighted by molar-refractivity contribution is 5.90. The number of nitrogens with one attached hydrogen (secondary N) is 2. The molecule has 0 bridgehead atoms. The van der Waals surface area contributed by atoms with Crippen LogP contribution in [-0.4, -0.2) is 28.8 Å². The first-order valence-electron chi connectivity index (χ1n) is 10.7. The summed E-state index contributed by atoms with van der Waals surface area (Å²) in [7, 11) is 0. The summed E-state index contributed by atoms with van der Waals surface area (Å²) in [5.74, 6) is 0.598. The molecule has 1 atom stereocenters. The molecule has 31 heavy (non-hydrogen) atoms. The molecular weight excluding hydrogens is 390 g/mol. The molecule has 1 aliphatic rings. The third-order valence-electron chi connectivity index (χ3n) is 4.56. The van der Waals surface area contributed by atoms with Crippen molar-refractivity contribution in [3.8, 4) is 0 Å². The Hall–Kier alpha value is -2.96. The van der Waals surface area contributed by atoms with Crippen LogP contribution in [0.5, 0.6) is 0 Å². The summed E-state index contributed by atoms with van der Waals surface area (Å²) < 4.78 is 5.41. The number of carbonyl (C=O) groups excluding carboxylic acids is 1. The number of amides is 1. The number of aromatic nitrogens is 2. The highest BCUT2D eigenvalue weighted by atomic mass is 16.8. The first kappa shape index (κ1) is 24.3. The van der Waals surface area contributed by atoms with Gasteiger partial charge in [0.2, 0.25) is 0 Å². The van der Waals surface area contributed by atoms with Crippen molar-refractivity contribution in [1.29, 1.82) is 0 Å². The molecule has 1 unspecified atom stereocenters. The molecule has 1 amide bonds. The average molecular weight is 424 g/mol. The minimum atomic E-state index is -0.348. The summed E-state index contributed by atoms with van der Waals surface area (Å²) in [5, 5.41) is 0. The Kier molecular flexibility index (Phi) is 11.1. The lowest BCUT2D eigenvalue weighted by Gasteiger charge is -2.21. The zero-order chi connectivity index (χ0) is 22.3. The van der Waals surface area contributed by atoms with E-state index >= 15 is 0 Å². The average Bonchev–Trinajstić information content (AvgIpc) is 3.24. The third kappa shape index (κ3) is 9.59. The molecule has 3 rings (SSSR count). The fraction of sp³-hybridized carbons (Fsp3) is 0.360. The molecule has 6 nitrogen and oxygen atoms in total. The summed E-state index contributed by atoms with van der Waals surface area (Å²) in [4.78, 5) is 24.8. The second kappa shape index (κ2) is 14.1. The van der Waals surface area contributed by atoms with Gasteiger partial charge in [0.1, 0.15) is 5.82 Å². The van der Waals surface area contributed by atoms with Crippen LogP contribution in [-0.2, 0) is 27.2 Å². The molecule has 1 fully saturated rings. The Morgan fingerprint density at radius 2 is 2.19 bits per heavy atom. The number of H-pyrrole nitrogens is 1. The monoisotopic (exact) mass is 423 g/mol. The van der Waals surface area contributed by atoms with Crippen molar-refractivity contribution in [2.45, 2.75) is 52.2 Å². The molecule has 0 saturated carbocycles. The molecule has 2 N–H and O–H groups in total. The van der Waals surface area contributed by atoms with Crippen LogP contribution in [0.15, 0.2) is 61.3 Å². The molecule has 0 radical (unpaired) electrons. The molecule has 0 aliphatic carbocycles. The molecule has 6 heteroatoms. The van der Waals surface area contributed by atoms with E-state index in [9.17, 15) is 4.79 Å². The Bertz CT molecular complexity index is 860. The van der Waals surface area contributed by atoms with E-state index in [1.807, 2.05) is 62.5 Å². The number of hydrogen-bond acceptors (Lipinski definition) is 4. The molecule has 1 aromatic heterocycles. The quantitative estimate of drug-likeness (QED) is 0.360. The Morgan fingerprint density at radius 3 is 2.90 bits per heavy atom. The number of allylic oxidation sites excluding steroid dienone is 3. The molecule has 2 heterocycles. The van der Waals surface area contributed by atoms with Crippen molar-refractivity contribution in [2.75, 3.05) is 6.61 Å².